The highest BCUT2D eigenvalue weighted by Crippen LogP contribution is 2.13. The lowest BCUT2D eigenvalue weighted by Gasteiger charge is -2.23. The minimum Gasteiger partial charge on any atom is -0.328 e. The fourth-order valence-electron chi connectivity index (χ4n) is 1.57. The molecule has 1 unspecified atom stereocenters. The first kappa shape index (κ1) is 9.75. The maximum Gasteiger partial charge on any atom is 0.0189 e. The Labute approximate surface area is 75.4 Å². The molecule has 0 bridgehead atoms. The minimum absolute atomic E-state index is 0.345. The molecule has 0 saturated heterocycles. The normalized spacial score (nSPS) is 22.1. The lowest BCUT2D eigenvalue weighted by atomic mass is 10.0. The highest BCUT2D eigenvalue weighted by Gasteiger charge is 2.08. The Hall–Kier alpha value is -0.340. The molecule has 1 aliphatic heterocycles. The zero-order valence-corrected chi connectivity index (χ0v) is 8.21. The molecule has 0 aliphatic carbocycles. The molecule has 0 saturated carbocycles. The van der Waals surface area contributed by atoms with Gasteiger partial charge in [0.1, 0.15) is 0 Å². The van der Waals surface area contributed by atoms with Crippen molar-refractivity contribution in [1.82, 2.24) is 4.90 Å². The predicted octanol–water partition coefficient (Wildman–Crippen LogP) is 1.38. The third-order valence-corrected chi connectivity index (χ3v) is 2.34. The maximum absolute atomic E-state index is 5.70. The van der Waals surface area contributed by atoms with E-state index >= 15 is 0 Å². The van der Waals surface area contributed by atoms with Gasteiger partial charge in [-0.3, -0.25) is 0 Å². The standard InChI is InChI=1S/C10H20N2/c1-9(11)5-6-10-4-3-7-12(2)8-10/h4,9H,3,5-8,11H2,1-2H3. The van der Waals surface area contributed by atoms with Crippen molar-refractivity contribution in [3.63, 3.8) is 0 Å². The van der Waals surface area contributed by atoms with Gasteiger partial charge in [-0.25, -0.2) is 0 Å². The number of hydrogen-bond acceptors (Lipinski definition) is 2. The van der Waals surface area contributed by atoms with Gasteiger partial charge in [0.2, 0.25) is 0 Å². The van der Waals surface area contributed by atoms with Gasteiger partial charge in [-0.2, -0.15) is 0 Å². The predicted molar refractivity (Wildman–Crippen MR) is 53.1 cm³/mol. The maximum atomic E-state index is 5.70. The summed E-state index contributed by atoms with van der Waals surface area (Å²) >= 11 is 0. The summed E-state index contributed by atoms with van der Waals surface area (Å²) in [5, 5.41) is 0. The first-order chi connectivity index (χ1) is 5.68. The van der Waals surface area contributed by atoms with Gasteiger partial charge in [-0.15, -0.1) is 0 Å². The molecule has 2 N–H and O–H groups in total. The number of hydrogen-bond donors (Lipinski definition) is 1. The third-order valence-electron chi connectivity index (χ3n) is 2.34. The van der Waals surface area contributed by atoms with Crippen LogP contribution >= 0.6 is 0 Å². The Kier molecular flexibility index (Phi) is 3.76. The number of likely N-dealkylation sites (N-methyl/N-ethyl adjacent to an activating group) is 1. The van der Waals surface area contributed by atoms with E-state index in [0.717, 1.165) is 13.0 Å². The van der Waals surface area contributed by atoms with Crippen LogP contribution in [0.4, 0.5) is 0 Å². The van der Waals surface area contributed by atoms with Gasteiger partial charge >= 0.3 is 0 Å². The summed E-state index contributed by atoms with van der Waals surface area (Å²) in [5.41, 5.74) is 7.27. The van der Waals surface area contributed by atoms with Crippen molar-refractivity contribution in [2.45, 2.75) is 32.2 Å². The first-order valence-electron chi connectivity index (χ1n) is 4.80. The van der Waals surface area contributed by atoms with Gasteiger partial charge in [0.15, 0.2) is 0 Å². The van der Waals surface area contributed by atoms with E-state index in [2.05, 4.69) is 24.9 Å². The van der Waals surface area contributed by atoms with Crippen molar-refractivity contribution < 1.29 is 0 Å². The number of nitrogens with two attached hydrogens (primary N) is 1. The molecule has 2 heteroatoms. The quantitative estimate of drug-likeness (QED) is 0.645. The highest BCUT2D eigenvalue weighted by molar-refractivity contribution is 5.07. The van der Waals surface area contributed by atoms with Crippen LogP contribution in [-0.2, 0) is 0 Å². The van der Waals surface area contributed by atoms with Crippen LogP contribution in [0.15, 0.2) is 11.6 Å². The van der Waals surface area contributed by atoms with Crippen LogP contribution in [0.25, 0.3) is 0 Å². The van der Waals surface area contributed by atoms with Gasteiger partial charge in [-0.1, -0.05) is 11.6 Å². The van der Waals surface area contributed by atoms with Gasteiger partial charge in [0, 0.05) is 19.1 Å². The van der Waals surface area contributed by atoms with Gasteiger partial charge in [-0.05, 0) is 33.2 Å². The molecule has 1 atom stereocenters. The molecule has 0 radical (unpaired) electrons. The van der Waals surface area contributed by atoms with Crippen LogP contribution in [0.1, 0.15) is 26.2 Å². The smallest absolute Gasteiger partial charge is 0.0189 e. The van der Waals surface area contributed by atoms with E-state index in [-0.39, 0.29) is 0 Å². The molecule has 0 amide bonds. The molecule has 70 valence electrons. The van der Waals surface area contributed by atoms with E-state index in [1.165, 1.54) is 19.4 Å². The van der Waals surface area contributed by atoms with Crippen molar-refractivity contribution >= 4 is 0 Å². The Bertz CT molecular complexity index is 161. The van der Waals surface area contributed by atoms with Crippen LogP contribution in [0.5, 0.6) is 0 Å². The van der Waals surface area contributed by atoms with E-state index in [1.807, 2.05) is 0 Å². The average molecular weight is 168 g/mol. The summed E-state index contributed by atoms with van der Waals surface area (Å²) in [4.78, 5) is 2.37. The summed E-state index contributed by atoms with van der Waals surface area (Å²) in [7, 11) is 2.18. The second-order valence-corrected chi connectivity index (χ2v) is 3.90. The molecule has 1 rings (SSSR count). The molecule has 12 heavy (non-hydrogen) atoms. The molecular weight excluding hydrogens is 148 g/mol. The molecule has 1 heterocycles. The highest BCUT2D eigenvalue weighted by atomic mass is 15.1. The first-order valence-corrected chi connectivity index (χ1v) is 4.80. The summed E-state index contributed by atoms with van der Waals surface area (Å²) in [5.74, 6) is 0. The average Bonchev–Trinajstić information content (AvgIpc) is 2.01. The third kappa shape index (κ3) is 3.37. The monoisotopic (exact) mass is 168 g/mol. The molecule has 0 aromatic heterocycles. The van der Waals surface area contributed by atoms with Crippen molar-refractivity contribution in [2.24, 2.45) is 5.73 Å². The molecule has 0 aromatic rings. The molecule has 1 aliphatic rings. The van der Waals surface area contributed by atoms with E-state index < -0.39 is 0 Å². The van der Waals surface area contributed by atoms with Crippen molar-refractivity contribution in [3.8, 4) is 0 Å². The fraction of sp³-hybridized carbons (Fsp3) is 0.800. The Morgan fingerprint density at radius 1 is 1.67 bits per heavy atom. The largest absolute Gasteiger partial charge is 0.328 e. The molecule has 0 spiro atoms. The lowest BCUT2D eigenvalue weighted by molar-refractivity contribution is 0.348. The van der Waals surface area contributed by atoms with Crippen molar-refractivity contribution in [1.29, 1.82) is 0 Å². The second-order valence-electron chi connectivity index (χ2n) is 3.90. The number of nitrogens with zero attached hydrogens (tertiary/aromatic N) is 1. The van der Waals surface area contributed by atoms with E-state index in [0.29, 0.717) is 6.04 Å². The Balaban J connectivity index is 2.27. The van der Waals surface area contributed by atoms with Crippen LogP contribution in [0.3, 0.4) is 0 Å². The van der Waals surface area contributed by atoms with Gasteiger partial charge < -0.3 is 10.6 Å². The molecule has 0 fully saturated rings. The van der Waals surface area contributed by atoms with E-state index in [9.17, 15) is 0 Å². The number of rotatable bonds is 3. The van der Waals surface area contributed by atoms with Gasteiger partial charge in [0.05, 0.1) is 0 Å². The zero-order chi connectivity index (χ0) is 8.97. The van der Waals surface area contributed by atoms with E-state index in [4.69, 9.17) is 5.73 Å². The SMILES string of the molecule is CC(N)CCC1=CCCN(C)C1. The van der Waals surface area contributed by atoms with Crippen LogP contribution in [0, 0.1) is 0 Å². The van der Waals surface area contributed by atoms with Crippen LogP contribution in [0.2, 0.25) is 0 Å². The topological polar surface area (TPSA) is 29.3 Å². The second kappa shape index (κ2) is 4.63. The van der Waals surface area contributed by atoms with Crippen LogP contribution < -0.4 is 5.73 Å². The van der Waals surface area contributed by atoms with Crippen LogP contribution in [-0.4, -0.2) is 31.1 Å². The van der Waals surface area contributed by atoms with Crippen molar-refractivity contribution in [2.75, 3.05) is 20.1 Å². The Morgan fingerprint density at radius 3 is 3.00 bits per heavy atom. The summed E-state index contributed by atoms with van der Waals surface area (Å²) < 4.78 is 0. The van der Waals surface area contributed by atoms with Crippen molar-refractivity contribution in [3.05, 3.63) is 11.6 Å². The lowest BCUT2D eigenvalue weighted by Crippen LogP contribution is -2.26. The summed E-state index contributed by atoms with van der Waals surface area (Å²) in [6.45, 7) is 4.43. The Morgan fingerprint density at radius 2 is 2.42 bits per heavy atom. The minimum atomic E-state index is 0.345. The summed E-state index contributed by atoms with van der Waals surface area (Å²) in [6.07, 6.45) is 5.90. The molecule has 0 aromatic carbocycles. The summed E-state index contributed by atoms with van der Waals surface area (Å²) in [6, 6.07) is 0.345. The zero-order valence-electron chi connectivity index (χ0n) is 8.21. The fourth-order valence-corrected chi connectivity index (χ4v) is 1.57. The van der Waals surface area contributed by atoms with E-state index in [1.54, 1.807) is 5.57 Å². The van der Waals surface area contributed by atoms with Gasteiger partial charge in [0.25, 0.3) is 0 Å². The molecular formula is C10H20N2. The molecule has 2 nitrogen and oxygen atoms in total.